The number of hydrogen-bond acceptors (Lipinski definition) is 1. The molecule has 0 aliphatic rings. The van der Waals surface area contributed by atoms with Gasteiger partial charge in [0.15, 0.2) is 0 Å². The summed E-state index contributed by atoms with van der Waals surface area (Å²) in [4.78, 5) is 0. The summed E-state index contributed by atoms with van der Waals surface area (Å²) < 4.78 is 4.80. The smallest absolute Gasteiger partial charge is 0.109 e. The van der Waals surface area contributed by atoms with Crippen LogP contribution in [0.3, 0.4) is 0 Å². The Morgan fingerprint density at radius 3 is 2.57 bits per heavy atom. The van der Waals surface area contributed by atoms with Crippen LogP contribution in [0.4, 0.5) is 0 Å². The van der Waals surface area contributed by atoms with E-state index in [-0.39, 0.29) is 11.6 Å². The van der Waals surface area contributed by atoms with Crippen molar-refractivity contribution in [3.8, 4) is 0 Å². The Hall–Kier alpha value is 0.400. The van der Waals surface area contributed by atoms with Crippen molar-refractivity contribution in [1.29, 1.82) is 0 Å². The maximum absolute atomic E-state index is 9.69. The average molecular weight is 168 g/mol. The van der Waals surface area contributed by atoms with Gasteiger partial charge in [-0.15, -0.1) is 0 Å². The summed E-state index contributed by atoms with van der Waals surface area (Å²) in [5, 5.41) is 9.70. The van der Waals surface area contributed by atoms with Crippen LogP contribution in [0, 0.1) is 0 Å². The lowest BCUT2D eigenvalue weighted by Crippen LogP contribution is -2.02. The van der Waals surface area contributed by atoms with Gasteiger partial charge in [-0.05, 0) is 6.92 Å². The van der Waals surface area contributed by atoms with E-state index in [1.807, 2.05) is 6.92 Å². The summed E-state index contributed by atoms with van der Waals surface area (Å²) in [5.74, 6) is 0. The topological polar surface area (TPSA) is 29.1 Å². The summed E-state index contributed by atoms with van der Waals surface area (Å²) in [6.45, 7) is 1.97. The van der Waals surface area contributed by atoms with Crippen molar-refractivity contribution in [2.75, 3.05) is 13.2 Å². The highest BCUT2D eigenvalue weighted by Gasteiger charge is 1.90. The highest BCUT2D eigenvalue weighted by Crippen LogP contribution is 1.96. The van der Waals surface area contributed by atoms with E-state index < -0.39 is 0 Å². The van der Waals surface area contributed by atoms with E-state index >= 15 is 0 Å². The SMILES string of the molecule is CC(Br)OCC[O]. The van der Waals surface area contributed by atoms with Crippen LogP contribution in [-0.2, 0) is 9.84 Å². The Morgan fingerprint density at radius 1 is 1.86 bits per heavy atom. The third kappa shape index (κ3) is 6.40. The van der Waals surface area contributed by atoms with E-state index in [4.69, 9.17) is 4.74 Å². The third-order valence-corrected chi connectivity index (χ3v) is 0.695. The predicted molar refractivity (Wildman–Crippen MR) is 29.9 cm³/mol. The van der Waals surface area contributed by atoms with Crippen molar-refractivity contribution in [2.24, 2.45) is 0 Å². The first-order valence-corrected chi connectivity index (χ1v) is 3.02. The Morgan fingerprint density at radius 2 is 2.43 bits per heavy atom. The molecule has 0 aliphatic carbocycles. The molecule has 0 aliphatic heterocycles. The standard InChI is InChI=1S/C4H8BrO2/c1-4(5)7-3-2-6/h4H,2-3H2,1H3. The summed E-state index contributed by atoms with van der Waals surface area (Å²) in [6.07, 6.45) is 0. The molecule has 0 saturated heterocycles. The van der Waals surface area contributed by atoms with E-state index in [0.29, 0.717) is 6.61 Å². The molecule has 0 amide bonds. The lowest BCUT2D eigenvalue weighted by Gasteiger charge is -1.99. The van der Waals surface area contributed by atoms with Crippen molar-refractivity contribution in [1.82, 2.24) is 0 Å². The minimum atomic E-state index is -0.157. The first-order valence-electron chi connectivity index (χ1n) is 2.11. The zero-order valence-electron chi connectivity index (χ0n) is 4.19. The Balaban J connectivity index is 2.68. The number of halogens is 1. The highest BCUT2D eigenvalue weighted by molar-refractivity contribution is 9.09. The van der Waals surface area contributed by atoms with Gasteiger partial charge < -0.3 is 4.74 Å². The summed E-state index contributed by atoms with van der Waals surface area (Å²) in [6, 6.07) is 0. The number of alkyl halides is 1. The molecule has 2 nitrogen and oxygen atoms in total. The monoisotopic (exact) mass is 167 g/mol. The molecule has 1 radical (unpaired) electrons. The molecular weight excluding hydrogens is 160 g/mol. The van der Waals surface area contributed by atoms with Gasteiger partial charge in [0, 0.05) is 0 Å². The molecule has 1 unspecified atom stereocenters. The molecule has 1 atom stereocenters. The first kappa shape index (κ1) is 7.40. The molecule has 3 heteroatoms. The second-order valence-electron chi connectivity index (χ2n) is 1.12. The Kier molecular flexibility index (Phi) is 4.82. The number of rotatable bonds is 3. The van der Waals surface area contributed by atoms with Crippen molar-refractivity contribution in [3.63, 3.8) is 0 Å². The van der Waals surface area contributed by atoms with Crippen LogP contribution in [0.5, 0.6) is 0 Å². The van der Waals surface area contributed by atoms with Gasteiger partial charge in [0.25, 0.3) is 0 Å². The maximum Gasteiger partial charge on any atom is 0.109 e. The van der Waals surface area contributed by atoms with E-state index in [1.54, 1.807) is 0 Å². The van der Waals surface area contributed by atoms with Crippen LogP contribution in [0.15, 0.2) is 0 Å². The molecule has 0 fully saturated rings. The fraction of sp³-hybridized carbons (Fsp3) is 1.00. The summed E-state index contributed by atoms with van der Waals surface area (Å²) in [7, 11) is 0. The fourth-order valence-corrected chi connectivity index (χ4v) is 0.397. The van der Waals surface area contributed by atoms with Crippen molar-refractivity contribution >= 4 is 15.9 Å². The van der Waals surface area contributed by atoms with Gasteiger partial charge in [0.05, 0.1) is 6.61 Å². The third-order valence-electron chi connectivity index (χ3n) is 0.431. The lowest BCUT2D eigenvalue weighted by atomic mass is 10.7. The van der Waals surface area contributed by atoms with Crippen LogP contribution in [0.2, 0.25) is 0 Å². The van der Waals surface area contributed by atoms with Crippen LogP contribution in [-0.4, -0.2) is 18.2 Å². The van der Waals surface area contributed by atoms with E-state index in [9.17, 15) is 5.11 Å². The summed E-state index contributed by atoms with van der Waals surface area (Å²) >= 11 is 3.11. The van der Waals surface area contributed by atoms with Crippen LogP contribution < -0.4 is 0 Å². The van der Waals surface area contributed by atoms with Gasteiger partial charge in [0.1, 0.15) is 11.6 Å². The number of hydrogen-bond donors (Lipinski definition) is 0. The van der Waals surface area contributed by atoms with Gasteiger partial charge in [-0.25, -0.2) is 5.11 Å². The van der Waals surface area contributed by atoms with E-state index in [0.717, 1.165) is 0 Å². The molecule has 0 aromatic rings. The van der Waals surface area contributed by atoms with Gasteiger partial charge in [0.2, 0.25) is 0 Å². The van der Waals surface area contributed by atoms with E-state index in [2.05, 4.69) is 15.9 Å². The molecular formula is C4H8BrO2. The largest absolute Gasteiger partial charge is 0.365 e. The Bertz CT molecular complexity index is 38.7. The first-order chi connectivity index (χ1) is 3.27. The second kappa shape index (κ2) is 4.56. The average Bonchev–Trinajstić information content (AvgIpc) is 1.61. The van der Waals surface area contributed by atoms with Crippen molar-refractivity contribution in [2.45, 2.75) is 11.9 Å². The predicted octanol–water partition coefficient (Wildman–Crippen LogP) is 1.17. The minimum absolute atomic E-state index is 0.0152. The lowest BCUT2D eigenvalue weighted by molar-refractivity contribution is 0.0598. The van der Waals surface area contributed by atoms with E-state index in [1.165, 1.54) is 0 Å². The molecule has 43 valence electrons. The molecule has 0 rings (SSSR count). The molecule has 0 aromatic heterocycles. The van der Waals surface area contributed by atoms with Gasteiger partial charge in [-0.3, -0.25) is 0 Å². The van der Waals surface area contributed by atoms with Crippen LogP contribution >= 0.6 is 15.9 Å². The van der Waals surface area contributed by atoms with Gasteiger partial charge in [-0.2, -0.15) is 0 Å². The highest BCUT2D eigenvalue weighted by atomic mass is 79.9. The second-order valence-corrected chi connectivity index (χ2v) is 2.41. The zero-order valence-corrected chi connectivity index (χ0v) is 5.77. The Labute approximate surface area is 51.6 Å². The molecule has 0 spiro atoms. The normalized spacial score (nSPS) is 14.1. The van der Waals surface area contributed by atoms with Gasteiger partial charge >= 0.3 is 0 Å². The van der Waals surface area contributed by atoms with Crippen molar-refractivity contribution < 1.29 is 9.84 Å². The molecule has 0 aromatic carbocycles. The van der Waals surface area contributed by atoms with Crippen LogP contribution in [0.25, 0.3) is 0 Å². The molecule has 7 heavy (non-hydrogen) atoms. The molecule has 0 saturated carbocycles. The van der Waals surface area contributed by atoms with Gasteiger partial charge in [-0.1, -0.05) is 15.9 Å². The molecule has 0 heterocycles. The minimum Gasteiger partial charge on any atom is -0.365 e. The zero-order chi connectivity index (χ0) is 5.70. The quantitative estimate of drug-likeness (QED) is 0.581. The fourth-order valence-electron chi connectivity index (χ4n) is 0.211. The molecule has 0 bridgehead atoms. The molecule has 0 N–H and O–H groups in total. The summed E-state index contributed by atoms with van der Waals surface area (Å²) in [5.41, 5.74) is 0. The maximum atomic E-state index is 9.69. The van der Waals surface area contributed by atoms with Crippen molar-refractivity contribution in [3.05, 3.63) is 0 Å². The number of ether oxygens (including phenoxy) is 1. The van der Waals surface area contributed by atoms with Crippen LogP contribution in [0.1, 0.15) is 6.92 Å².